The largest absolute Gasteiger partial charge is 0.310 e. The summed E-state index contributed by atoms with van der Waals surface area (Å²) in [6.07, 6.45) is 1.47. The second-order valence-corrected chi connectivity index (χ2v) is 6.77. The summed E-state index contributed by atoms with van der Waals surface area (Å²) >= 11 is 18.3. The molecule has 0 aliphatic heterocycles. The first-order valence-corrected chi connectivity index (χ1v) is 7.48. The number of alkyl halides is 2. The molecule has 1 aliphatic rings. The fourth-order valence-electron chi connectivity index (χ4n) is 2.38. The van der Waals surface area contributed by atoms with Crippen LogP contribution in [0, 0.1) is 5.92 Å². The molecular weight excluding hydrogens is 331 g/mol. The quantitative estimate of drug-likeness (QED) is 0.848. The Hall–Kier alpha value is -1.29. The first-order chi connectivity index (χ1) is 10.00. The molecule has 2 aromatic rings. The summed E-state index contributed by atoms with van der Waals surface area (Å²) in [6, 6.07) is 12.8. The van der Waals surface area contributed by atoms with Gasteiger partial charge in [0.1, 0.15) is 10.2 Å². The molecule has 1 aromatic carbocycles. The van der Waals surface area contributed by atoms with Crippen LogP contribution in [-0.2, 0) is 4.79 Å². The lowest BCUT2D eigenvalue weighted by Gasteiger charge is -2.03. The van der Waals surface area contributed by atoms with Gasteiger partial charge in [0.05, 0.1) is 10.9 Å². The molecular formula is C15H11Cl3N2O. The number of nitrogens with one attached hydrogen (secondary N) is 1. The van der Waals surface area contributed by atoms with E-state index in [1.54, 1.807) is 12.1 Å². The monoisotopic (exact) mass is 340 g/mol. The third kappa shape index (κ3) is 2.86. The van der Waals surface area contributed by atoms with Gasteiger partial charge in [-0.25, -0.2) is 4.98 Å². The lowest BCUT2D eigenvalue weighted by atomic mass is 10.1. The molecule has 1 fully saturated rings. The second-order valence-electron chi connectivity index (χ2n) is 4.89. The highest BCUT2D eigenvalue weighted by atomic mass is 35.5. The van der Waals surface area contributed by atoms with Crippen LogP contribution in [0.4, 0.5) is 5.82 Å². The van der Waals surface area contributed by atoms with Crippen LogP contribution < -0.4 is 5.32 Å². The average Bonchev–Trinajstić information content (AvgIpc) is 3.05. The van der Waals surface area contributed by atoms with Gasteiger partial charge in [-0.15, -0.1) is 23.2 Å². The number of benzene rings is 1. The van der Waals surface area contributed by atoms with Crippen LogP contribution in [0.3, 0.4) is 0 Å². The topological polar surface area (TPSA) is 42.0 Å². The van der Waals surface area contributed by atoms with E-state index in [0.717, 1.165) is 5.56 Å². The van der Waals surface area contributed by atoms with Gasteiger partial charge in [0.15, 0.2) is 0 Å². The molecule has 1 aromatic heterocycles. The minimum atomic E-state index is -1.09. The molecule has 1 aliphatic carbocycles. The summed E-state index contributed by atoms with van der Waals surface area (Å²) in [7, 11) is 0. The third-order valence-electron chi connectivity index (χ3n) is 3.47. The van der Waals surface area contributed by atoms with Crippen LogP contribution in [0.5, 0.6) is 0 Å². The Bertz CT molecular complexity index is 658. The summed E-state index contributed by atoms with van der Waals surface area (Å²) in [5.41, 5.74) is 0.951. The Morgan fingerprint density at radius 3 is 2.48 bits per heavy atom. The van der Waals surface area contributed by atoms with Gasteiger partial charge < -0.3 is 5.32 Å². The van der Waals surface area contributed by atoms with Crippen molar-refractivity contribution in [3.8, 4) is 0 Å². The van der Waals surface area contributed by atoms with Crippen LogP contribution in [0.2, 0.25) is 5.02 Å². The predicted octanol–water partition coefficient (Wildman–Crippen LogP) is 4.26. The Morgan fingerprint density at radius 2 is 1.86 bits per heavy atom. The number of hydrogen-bond donors (Lipinski definition) is 1. The van der Waals surface area contributed by atoms with Crippen molar-refractivity contribution in [1.29, 1.82) is 0 Å². The highest BCUT2D eigenvalue weighted by molar-refractivity contribution is 6.53. The molecule has 21 heavy (non-hydrogen) atoms. The first kappa shape index (κ1) is 14.6. The van der Waals surface area contributed by atoms with Crippen LogP contribution in [0.15, 0.2) is 48.7 Å². The molecule has 108 valence electrons. The molecule has 2 atom stereocenters. The molecule has 3 rings (SSSR count). The number of nitrogens with zero attached hydrogens (tertiary/aromatic N) is 1. The number of aromatic nitrogens is 1. The molecule has 0 unspecified atom stereocenters. The van der Waals surface area contributed by atoms with Gasteiger partial charge in [0.2, 0.25) is 5.91 Å². The standard InChI is InChI=1S/C15H11Cl3N2O/c16-10-6-7-11(19-8-10)20-14(21)13-12(15(13,17)18)9-4-2-1-3-5-9/h1-8,12-13H,(H,19,20,21)/t12-,13+/m1/s1. The summed E-state index contributed by atoms with van der Waals surface area (Å²) < 4.78 is -1.09. The van der Waals surface area contributed by atoms with Crippen molar-refractivity contribution < 1.29 is 4.79 Å². The smallest absolute Gasteiger partial charge is 0.232 e. The minimum Gasteiger partial charge on any atom is -0.310 e. The van der Waals surface area contributed by atoms with Crippen molar-refractivity contribution >= 4 is 46.5 Å². The van der Waals surface area contributed by atoms with E-state index >= 15 is 0 Å². The summed E-state index contributed by atoms with van der Waals surface area (Å²) in [5, 5.41) is 3.21. The Balaban J connectivity index is 1.75. The first-order valence-electron chi connectivity index (χ1n) is 6.35. The molecule has 1 amide bonds. The van der Waals surface area contributed by atoms with E-state index in [1.807, 2.05) is 30.3 Å². The fourth-order valence-corrected chi connectivity index (χ4v) is 3.32. The molecule has 1 heterocycles. The maximum Gasteiger partial charge on any atom is 0.232 e. The van der Waals surface area contributed by atoms with Gasteiger partial charge in [-0.1, -0.05) is 41.9 Å². The van der Waals surface area contributed by atoms with E-state index in [0.29, 0.717) is 10.8 Å². The number of halogens is 3. The van der Waals surface area contributed by atoms with E-state index in [-0.39, 0.29) is 11.8 Å². The third-order valence-corrected chi connectivity index (χ3v) is 4.64. The van der Waals surface area contributed by atoms with E-state index in [4.69, 9.17) is 34.8 Å². The average molecular weight is 342 g/mol. The Morgan fingerprint density at radius 1 is 1.14 bits per heavy atom. The second kappa shape index (κ2) is 5.48. The van der Waals surface area contributed by atoms with Gasteiger partial charge in [0.25, 0.3) is 0 Å². The van der Waals surface area contributed by atoms with Crippen molar-refractivity contribution in [2.24, 2.45) is 5.92 Å². The summed E-state index contributed by atoms with van der Waals surface area (Å²) in [6.45, 7) is 0. The molecule has 0 saturated heterocycles. The van der Waals surface area contributed by atoms with Gasteiger partial charge in [0, 0.05) is 12.1 Å². The fraction of sp³-hybridized carbons (Fsp3) is 0.200. The van der Waals surface area contributed by atoms with Gasteiger partial charge in [-0.3, -0.25) is 4.79 Å². The van der Waals surface area contributed by atoms with Crippen molar-refractivity contribution in [2.75, 3.05) is 5.32 Å². The van der Waals surface area contributed by atoms with Crippen molar-refractivity contribution in [2.45, 2.75) is 10.3 Å². The number of carbonyl (C=O) groups is 1. The van der Waals surface area contributed by atoms with Gasteiger partial charge >= 0.3 is 0 Å². The number of amides is 1. The van der Waals surface area contributed by atoms with E-state index in [1.165, 1.54) is 6.20 Å². The molecule has 3 nitrogen and oxygen atoms in total. The zero-order chi connectivity index (χ0) is 15.0. The zero-order valence-corrected chi connectivity index (χ0v) is 13.0. The lowest BCUT2D eigenvalue weighted by molar-refractivity contribution is -0.117. The number of rotatable bonds is 3. The van der Waals surface area contributed by atoms with Crippen LogP contribution >= 0.6 is 34.8 Å². The van der Waals surface area contributed by atoms with Crippen LogP contribution in [0.25, 0.3) is 0 Å². The Labute approximate surface area is 137 Å². The number of pyridine rings is 1. The van der Waals surface area contributed by atoms with Gasteiger partial charge in [-0.2, -0.15) is 0 Å². The number of hydrogen-bond acceptors (Lipinski definition) is 2. The summed E-state index contributed by atoms with van der Waals surface area (Å²) in [4.78, 5) is 16.3. The maximum atomic E-state index is 12.3. The van der Waals surface area contributed by atoms with Crippen molar-refractivity contribution in [1.82, 2.24) is 4.98 Å². The van der Waals surface area contributed by atoms with Crippen LogP contribution in [0.1, 0.15) is 11.5 Å². The predicted molar refractivity (Wildman–Crippen MR) is 85.0 cm³/mol. The molecule has 1 N–H and O–H groups in total. The molecule has 1 saturated carbocycles. The minimum absolute atomic E-state index is 0.214. The van der Waals surface area contributed by atoms with Crippen molar-refractivity contribution in [3.05, 3.63) is 59.2 Å². The Kier molecular flexibility index (Phi) is 3.82. The molecule has 0 radical (unpaired) electrons. The van der Waals surface area contributed by atoms with E-state index in [2.05, 4.69) is 10.3 Å². The lowest BCUT2D eigenvalue weighted by Crippen LogP contribution is -2.17. The maximum absolute atomic E-state index is 12.3. The van der Waals surface area contributed by atoms with Crippen LogP contribution in [-0.4, -0.2) is 15.2 Å². The number of anilines is 1. The zero-order valence-electron chi connectivity index (χ0n) is 10.8. The van der Waals surface area contributed by atoms with Gasteiger partial charge in [-0.05, 0) is 17.7 Å². The molecule has 0 bridgehead atoms. The highest BCUT2D eigenvalue weighted by Crippen LogP contribution is 2.65. The van der Waals surface area contributed by atoms with E-state index in [9.17, 15) is 4.79 Å². The normalized spacial score (nSPS) is 22.6. The molecule has 6 heteroatoms. The van der Waals surface area contributed by atoms with E-state index < -0.39 is 10.3 Å². The summed E-state index contributed by atoms with van der Waals surface area (Å²) in [5.74, 6) is -0.536. The number of carbonyl (C=O) groups excluding carboxylic acids is 1. The SMILES string of the molecule is O=C(Nc1ccc(Cl)cn1)[C@@H]1[C@@H](c2ccccc2)C1(Cl)Cl. The molecule has 0 spiro atoms. The van der Waals surface area contributed by atoms with Crippen molar-refractivity contribution in [3.63, 3.8) is 0 Å². The highest BCUT2D eigenvalue weighted by Gasteiger charge is 2.67.